The molecule has 20 heavy (non-hydrogen) atoms. The van der Waals surface area contributed by atoms with Crippen molar-refractivity contribution in [1.29, 1.82) is 0 Å². The molecule has 1 N–H and O–H groups in total. The third-order valence-electron chi connectivity index (χ3n) is 2.94. The average molecular weight is 305 g/mol. The van der Waals surface area contributed by atoms with E-state index in [0.717, 1.165) is 5.56 Å². The topological polar surface area (TPSA) is 57.2 Å². The summed E-state index contributed by atoms with van der Waals surface area (Å²) >= 11 is 6.18. The molecule has 0 aliphatic heterocycles. The van der Waals surface area contributed by atoms with Crippen LogP contribution < -0.4 is 0 Å². The second-order valence-electron chi connectivity index (χ2n) is 4.77. The van der Waals surface area contributed by atoms with Crippen LogP contribution in [-0.2, 0) is 24.7 Å². The summed E-state index contributed by atoms with van der Waals surface area (Å²) in [7, 11) is 3.13. The van der Waals surface area contributed by atoms with E-state index in [1.165, 1.54) is 7.11 Å². The van der Waals surface area contributed by atoms with E-state index >= 15 is 0 Å². The van der Waals surface area contributed by atoms with E-state index in [9.17, 15) is 0 Å². The minimum Gasteiger partial charge on any atom is -0.382 e. The van der Waals surface area contributed by atoms with Gasteiger partial charge in [-0.3, -0.25) is 5.26 Å². The summed E-state index contributed by atoms with van der Waals surface area (Å²) in [6.45, 7) is 4.33. The van der Waals surface area contributed by atoms with E-state index in [1.54, 1.807) is 39.2 Å². The normalized spacial score (nSPS) is 13.5. The zero-order valence-electron chi connectivity index (χ0n) is 12.2. The first-order chi connectivity index (χ1) is 9.46. The Morgan fingerprint density at radius 3 is 2.50 bits per heavy atom. The molecule has 0 aliphatic rings. The molecular weight excluding hydrogens is 284 g/mol. The zero-order valence-corrected chi connectivity index (χ0v) is 12.9. The van der Waals surface area contributed by atoms with Crippen LogP contribution in [0.3, 0.4) is 0 Å². The third-order valence-corrected chi connectivity index (χ3v) is 3.29. The maximum atomic E-state index is 8.96. The summed E-state index contributed by atoms with van der Waals surface area (Å²) in [5.41, 5.74) is 0.592. The fourth-order valence-corrected chi connectivity index (χ4v) is 1.88. The first kappa shape index (κ1) is 17.4. The van der Waals surface area contributed by atoms with Gasteiger partial charge in [-0.2, -0.15) is 0 Å². The first-order valence-corrected chi connectivity index (χ1v) is 6.60. The van der Waals surface area contributed by atoms with Gasteiger partial charge in [0.2, 0.25) is 0 Å². The van der Waals surface area contributed by atoms with Gasteiger partial charge in [0, 0.05) is 24.8 Å². The summed E-state index contributed by atoms with van der Waals surface area (Å²) in [6.07, 6.45) is -0.605. The average Bonchev–Trinajstić information content (AvgIpc) is 2.44. The molecule has 0 fully saturated rings. The molecule has 0 spiro atoms. The third kappa shape index (κ3) is 4.41. The number of halogens is 1. The van der Waals surface area contributed by atoms with Gasteiger partial charge in [-0.25, -0.2) is 4.89 Å². The predicted molar refractivity (Wildman–Crippen MR) is 75.8 cm³/mol. The van der Waals surface area contributed by atoms with E-state index in [2.05, 4.69) is 4.89 Å². The summed E-state index contributed by atoms with van der Waals surface area (Å²) < 4.78 is 15.8. The molecule has 0 aromatic heterocycles. The molecule has 0 aliphatic carbocycles. The van der Waals surface area contributed by atoms with Crippen molar-refractivity contribution >= 4 is 11.6 Å². The molecule has 0 saturated heterocycles. The van der Waals surface area contributed by atoms with Gasteiger partial charge in [0.15, 0.2) is 6.29 Å². The van der Waals surface area contributed by atoms with E-state index < -0.39 is 11.9 Å². The van der Waals surface area contributed by atoms with Gasteiger partial charge in [0.05, 0.1) is 13.2 Å². The number of hydrogen-bond acceptors (Lipinski definition) is 5. The van der Waals surface area contributed by atoms with Crippen LogP contribution in [0.1, 0.15) is 31.3 Å². The van der Waals surface area contributed by atoms with Crippen LogP contribution in [0.2, 0.25) is 5.02 Å². The standard InChI is InChI=1S/C14H21ClO5/c1-14(2,20-16)10-5-6-12(15)11(9-10)13(18-4)19-8-7-17-3/h5-6,9,13,16H,7-8H2,1-4H3. The van der Waals surface area contributed by atoms with Gasteiger partial charge in [0.25, 0.3) is 0 Å². The summed E-state index contributed by atoms with van der Waals surface area (Å²) in [4.78, 5) is 4.49. The van der Waals surface area contributed by atoms with Crippen LogP contribution in [-0.4, -0.2) is 32.7 Å². The number of hydrogen-bond donors (Lipinski definition) is 1. The van der Waals surface area contributed by atoms with Crippen molar-refractivity contribution in [1.82, 2.24) is 0 Å². The molecule has 1 unspecified atom stereocenters. The Hall–Kier alpha value is -0.690. The number of benzene rings is 1. The van der Waals surface area contributed by atoms with Gasteiger partial charge in [-0.05, 0) is 31.5 Å². The Balaban J connectivity index is 2.99. The van der Waals surface area contributed by atoms with Crippen LogP contribution >= 0.6 is 11.6 Å². The van der Waals surface area contributed by atoms with E-state index in [1.807, 2.05) is 0 Å². The van der Waals surface area contributed by atoms with Gasteiger partial charge in [-0.1, -0.05) is 17.7 Å². The Morgan fingerprint density at radius 2 is 1.95 bits per heavy atom. The Bertz CT molecular complexity index is 422. The monoisotopic (exact) mass is 304 g/mol. The lowest BCUT2D eigenvalue weighted by Gasteiger charge is -2.24. The molecule has 1 aromatic carbocycles. The molecule has 1 aromatic rings. The minimum absolute atomic E-state index is 0.384. The number of ether oxygens (including phenoxy) is 3. The SMILES string of the molecule is COCCOC(OC)c1cc(C(C)(C)OO)ccc1Cl. The molecule has 114 valence electrons. The lowest BCUT2D eigenvalue weighted by Crippen LogP contribution is -2.20. The van der Waals surface area contributed by atoms with Crippen molar-refractivity contribution in [2.45, 2.75) is 25.7 Å². The second-order valence-corrected chi connectivity index (χ2v) is 5.18. The Kier molecular flexibility index (Phi) is 6.88. The molecule has 5 nitrogen and oxygen atoms in total. The van der Waals surface area contributed by atoms with Crippen molar-refractivity contribution < 1.29 is 24.4 Å². The molecule has 0 bridgehead atoms. The predicted octanol–water partition coefficient (Wildman–Crippen LogP) is 3.37. The first-order valence-electron chi connectivity index (χ1n) is 6.22. The fraction of sp³-hybridized carbons (Fsp3) is 0.571. The maximum Gasteiger partial charge on any atom is 0.185 e. The smallest absolute Gasteiger partial charge is 0.185 e. The van der Waals surface area contributed by atoms with Crippen molar-refractivity contribution in [3.63, 3.8) is 0 Å². The quantitative estimate of drug-likeness (QED) is 0.345. The van der Waals surface area contributed by atoms with E-state index in [0.29, 0.717) is 23.8 Å². The van der Waals surface area contributed by atoms with Gasteiger partial charge < -0.3 is 14.2 Å². The highest BCUT2D eigenvalue weighted by molar-refractivity contribution is 6.31. The maximum absolute atomic E-state index is 8.96. The van der Waals surface area contributed by atoms with E-state index in [-0.39, 0.29) is 0 Å². The fourth-order valence-electron chi connectivity index (χ4n) is 1.67. The zero-order chi connectivity index (χ0) is 15.2. The van der Waals surface area contributed by atoms with Gasteiger partial charge >= 0.3 is 0 Å². The molecule has 0 radical (unpaired) electrons. The molecule has 0 amide bonds. The lowest BCUT2D eigenvalue weighted by atomic mass is 9.96. The van der Waals surface area contributed by atoms with Crippen molar-refractivity contribution in [3.05, 3.63) is 34.3 Å². The van der Waals surface area contributed by atoms with Crippen LogP contribution in [0, 0.1) is 0 Å². The number of methoxy groups -OCH3 is 2. The van der Waals surface area contributed by atoms with Crippen LogP contribution in [0.4, 0.5) is 0 Å². The largest absolute Gasteiger partial charge is 0.382 e. The van der Waals surface area contributed by atoms with E-state index in [4.69, 9.17) is 31.1 Å². The highest BCUT2D eigenvalue weighted by atomic mass is 35.5. The summed E-state index contributed by atoms with van der Waals surface area (Å²) in [5.74, 6) is 0. The molecule has 1 atom stereocenters. The molecule has 0 saturated carbocycles. The lowest BCUT2D eigenvalue weighted by molar-refractivity contribution is -0.318. The molecular formula is C14H21ClO5. The van der Waals surface area contributed by atoms with Crippen LogP contribution in [0.5, 0.6) is 0 Å². The Labute approximate surface area is 124 Å². The molecule has 6 heteroatoms. The molecule has 1 rings (SSSR count). The van der Waals surface area contributed by atoms with Crippen molar-refractivity contribution in [3.8, 4) is 0 Å². The number of rotatable bonds is 8. The van der Waals surface area contributed by atoms with Gasteiger partial charge in [0.1, 0.15) is 5.60 Å². The highest BCUT2D eigenvalue weighted by Gasteiger charge is 2.24. The van der Waals surface area contributed by atoms with Gasteiger partial charge in [-0.15, -0.1) is 0 Å². The van der Waals surface area contributed by atoms with Crippen LogP contribution in [0.15, 0.2) is 18.2 Å². The minimum atomic E-state index is -0.843. The summed E-state index contributed by atoms with van der Waals surface area (Å²) in [6, 6.07) is 5.29. The highest BCUT2D eigenvalue weighted by Crippen LogP contribution is 2.32. The Morgan fingerprint density at radius 1 is 1.25 bits per heavy atom. The van der Waals surface area contributed by atoms with Crippen LogP contribution in [0.25, 0.3) is 0 Å². The second kappa shape index (κ2) is 7.93. The summed E-state index contributed by atoms with van der Waals surface area (Å²) in [5, 5.41) is 9.48. The molecule has 0 heterocycles. The van der Waals surface area contributed by atoms with Crippen molar-refractivity contribution in [2.24, 2.45) is 0 Å². The van der Waals surface area contributed by atoms with Crippen molar-refractivity contribution in [2.75, 3.05) is 27.4 Å².